The van der Waals surface area contributed by atoms with E-state index in [0.29, 0.717) is 30.8 Å². The van der Waals surface area contributed by atoms with Gasteiger partial charge >= 0.3 is 0 Å². The number of carbonyl (C=O) groups is 1. The number of hydrogen-bond donors (Lipinski definition) is 2. The second-order valence-electron chi connectivity index (χ2n) is 7.18. The van der Waals surface area contributed by atoms with E-state index < -0.39 is 0 Å². The van der Waals surface area contributed by atoms with Crippen molar-refractivity contribution < 1.29 is 9.18 Å². The quantitative estimate of drug-likeness (QED) is 0.398. The van der Waals surface area contributed by atoms with Crippen molar-refractivity contribution in [3.05, 3.63) is 83.2 Å². The average Bonchev–Trinajstić information content (AvgIpc) is 3.45. The highest BCUT2D eigenvalue weighted by molar-refractivity contribution is 7.13. The summed E-state index contributed by atoms with van der Waals surface area (Å²) in [5.74, 6) is -0.381. The van der Waals surface area contributed by atoms with Crippen LogP contribution < -0.4 is 11.1 Å². The molecule has 6 nitrogen and oxygen atoms in total. The van der Waals surface area contributed by atoms with Gasteiger partial charge in [0.25, 0.3) is 0 Å². The number of carbonyl (C=O) groups excluding carboxylic acids is 1. The van der Waals surface area contributed by atoms with Gasteiger partial charge in [0, 0.05) is 30.5 Å². The number of aryl methyl sites for hydroxylation is 3. The Bertz CT molecular complexity index is 1170. The number of benzene rings is 2. The van der Waals surface area contributed by atoms with E-state index in [2.05, 4.69) is 15.6 Å². The minimum atomic E-state index is -0.246. The number of nitrogens with one attached hydrogen (secondary N) is 1. The van der Waals surface area contributed by atoms with Gasteiger partial charge in [-0.15, -0.1) is 16.4 Å². The second-order valence-corrected chi connectivity index (χ2v) is 8.13. The lowest BCUT2D eigenvalue weighted by molar-refractivity contribution is -0.116. The van der Waals surface area contributed by atoms with Crippen LogP contribution in [0.1, 0.15) is 17.7 Å². The van der Waals surface area contributed by atoms with Crippen LogP contribution in [0.3, 0.4) is 0 Å². The maximum Gasteiger partial charge on any atom is 0.224 e. The number of aromatic nitrogens is 3. The van der Waals surface area contributed by atoms with Gasteiger partial charge in [-0.1, -0.05) is 29.5 Å². The topological polar surface area (TPSA) is 85.8 Å². The van der Waals surface area contributed by atoms with Crippen LogP contribution in [0.25, 0.3) is 10.4 Å². The number of anilines is 2. The third kappa shape index (κ3) is 5.55. The molecule has 0 bridgehead atoms. The van der Waals surface area contributed by atoms with E-state index >= 15 is 0 Å². The van der Waals surface area contributed by atoms with Crippen molar-refractivity contribution in [3.63, 3.8) is 0 Å². The van der Waals surface area contributed by atoms with Crippen LogP contribution in [-0.4, -0.2) is 20.9 Å². The molecule has 4 aromatic rings. The minimum absolute atomic E-state index is 0.135. The molecular weight excluding hydrogens is 413 g/mol. The van der Waals surface area contributed by atoms with E-state index in [0.717, 1.165) is 21.7 Å². The summed E-state index contributed by atoms with van der Waals surface area (Å²) in [5, 5.41) is 13.1. The number of hydrogen-bond acceptors (Lipinski definition) is 5. The molecule has 0 atom stereocenters. The summed E-state index contributed by atoms with van der Waals surface area (Å²) < 4.78 is 15.0. The second kappa shape index (κ2) is 9.53. The van der Waals surface area contributed by atoms with E-state index in [4.69, 9.17) is 5.73 Å². The van der Waals surface area contributed by atoms with Crippen LogP contribution in [0.4, 0.5) is 15.8 Å². The van der Waals surface area contributed by atoms with Gasteiger partial charge in [0.1, 0.15) is 5.82 Å². The molecule has 0 fully saturated rings. The molecule has 8 heteroatoms. The van der Waals surface area contributed by atoms with Crippen molar-refractivity contribution in [2.75, 3.05) is 11.1 Å². The lowest BCUT2D eigenvalue weighted by Crippen LogP contribution is -2.13. The number of thiophene rings is 1. The maximum absolute atomic E-state index is 13.3. The number of rotatable bonds is 8. The lowest BCUT2D eigenvalue weighted by Gasteiger charge is -2.09. The highest BCUT2D eigenvalue weighted by Gasteiger charge is 2.10. The largest absolute Gasteiger partial charge is 0.397 e. The lowest BCUT2D eigenvalue weighted by atomic mass is 10.1. The van der Waals surface area contributed by atoms with Crippen molar-refractivity contribution in [1.82, 2.24) is 15.0 Å². The molecule has 0 saturated heterocycles. The molecule has 2 aromatic carbocycles. The summed E-state index contributed by atoms with van der Waals surface area (Å²) in [5.41, 5.74) is 9.81. The van der Waals surface area contributed by atoms with E-state index in [1.54, 1.807) is 28.2 Å². The molecule has 3 N–H and O–H groups in total. The molecule has 31 heavy (non-hydrogen) atoms. The van der Waals surface area contributed by atoms with Crippen molar-refractivity contribution in [2.24, 2.45) is 0 Å². The standard InChI is InChI=1S/C23H22FN5OS/c24-18-4-1-3-16(13-18)10-11-29-15-19(27-28-29)7-9-23(30)26-21-14-17(6-8-20(21)25)22-5-2-12-31-22/h1-6,8,12-15H,7,9-11,25H2,(H,26,30). The van der Waals surface area contributed by atoms with Gasteiger partial charge < -0.3 is 11.1 Å². The molecule has 0 spiro atoms. The molecule has 2 heterocycles. The minimum Gasteiger partial charge on any atom is -0.397 e. The van der Waals surface area contributed by atoms with Crippen molar-refractivity contribution >= 4 is 28.6 Å². The predicted octanol–water partition coefficient (Wildman–Crippen LogP) is 4.54. The van der Waals surface area contributed by atoms with E-state index in [1.165, 1.54) is 12.1 Å². The summed E-state index contributed by atoms with van der Waals surface area (Å²) in [6, 6.07) is 16.2. The van der Waals surface area contributed by atoms with Crippen LogP contribution in [0.5, 0.6) is 0 Å². The highest BCUT2D eigenvalue weighted by atomic mass is 32.1. The van der Waals surface area contributed by atoms with E-state index in [-0.39, 0.29) is 18.1 Å². The molecule has 0 radical (unpaired) electrons. The summed E-state index contributed by atoms with van der Waals surface area (Å²) in [7, 11) is 0. The molecule has 0 aliphatic rings. The molecule has 158 valence electrons. The van der Waals surface area contributed by atoms with Gasteiger partial charge in [0.15, 0.2) is 0 Å². The molecule has 2 aromatic heterocycles. The zero-order chi connectivity index (χ0) is 21.6. The first kappa shape index (κ1) is 20.7. The molecule has 0 aliphatic heterocycles. The first-order chi connectivity index (χ1) is 15.1. The molecule has 4 rings (SSSR count). The van der Waals surface area contributed by atoms with Gasteiger partial charge in [-0.2, -0.15) is 0 Å². The van der Waals surface area contributed by atoms with Gasteiger partial charge in [-0.25, -0.2) is 4.39 Å². The normalized spacial score (nSPS) is 10.9. The number of nitrogens with zero attached hydrogens (tertiary/aromatic N) is 3. The van der Waals surface area contributed by atoms with E-state index in [9.17, 15) is 9.18 Å². The summed E-state index contributed by atoms with van der Waals surface area (Å²) >= 11 is 1.63. The summed E-state index contributed by atoms with van der Waals surface area (Å²) in [4.78, 5) is 13.5. The third-order valence-corrected chi connectivity index (χ3v) is 5.76. The van der Waals surface area contributed by atoms with Crippen LogP contribution in [0, 0.1) is 5.82 Å². The fourth-order valence-electron chi connectivity index (χ4n) is 3.21. The Kier molecular flexibility index (Phi) is 6.37. The number of amides is 1. The van der Waals surface area contributed by atoms with Gasteiger partial charge in [0.05, 0.1) is 17.1 Å². The van der Waals surface area contributed by atoms with Crippen molar-refractivity contribution in [3.8, 4) is 10.4 Å². The average molecular weight is 436 g/mol. The van der Waals surface area contributed by atoms with Crippen LogP contribution in [0.15, 0.2) is 66.2 Å². The molecule has 0 aliphatic carbocycles. The molecule has 0 saturated carbocycles. The Morgan fingerprint density at radius 3 is 2.84 bits per heavy atom. The molecular formula is C23H22FN5OS. The monoisotopic (exact) mass is 435 g/mol. The van der Waals surface area contributed by atoms with Gasteiger partial charge in [-0.3, -0.25) is 9.48 Å². The zero-order valence-electron chi connectivity index (χ0n) is 16.8. The maximum atomic E-state index is 13.3. The predicted molar refractivity (Wildman–Crippen MR) is 121 cm³/mol. The molecule has 1 amide bonds. The van der Waals surface area contributed by atoms with Crippen LogP contribution in [0.2, 0.25) is 0 Å². The number of halogens is 1. The van der Waals surface area contributed by atoms with Crippen molar-refractivity contribution in [2.45, 2.75) is 25.8 Å². The summed E-state index contributed by atoms with van der Waals surface area (Å²) in [6.07, 6.45) is 3.21. The SMILES string of the molecule is Nc1ccc(-c2cccs2)cc1NC(=O)CCc1cn(CCc2cccc(F)c2)nn1. The smallest absolute Gasteiger partial charge is 0.224 e. The molecule has 0 unspecified atom stereocenters. The summed E-state index contributed by atoms with van der Waals surface area (Å²) in [6.45, 7) is 0.592. The van der Waals surface area contributed by atoms with Gasteiger partial charge in [0.2, 0.25) is 5.91 Å². The fourth-order valence-corrected chi connectivity index (χ4v) is 3.94. The first-order valence-corrected chi connectivity index (χ1v) is 10.8. The Hall–Kier alpha value is -3.52. The Labute approximate surface area is 183 Å². The van der Waals surface area contributed by atoms with E-state index in [1.807, 2.05) is 41.9 Å². The highest BCUT2D eigenvalue weighted by Crippen LogP contribution is 2.30. The van der Waals surface area contributed by atoms with Crippen molar-refractivity contribution in [1.29, 1.82) is 0 Å². The Morgan fingerprint density at radius 2 is 2.03 bits per heavy atom. The first-order valence-electron chi connectivity index (χ1n) is 9.93. The zero-order valence-corrected chi connectivity index (χ0v) is 17.6. The third-order valence-electron chi connectivity index (χ3n) is 4.85. The fraction of sp³-hybridized carbons (Fsp3) is 0.174. The number of nitrogen functional groups attached to an aromatic ring is 1. The van der Waals surface area contributed by atoms with Crippen LogP contribution in [-0.2, 0) is 24.2 Å². The number of nitrogens with two attached hydrogens (primary N) is 1. The Balaban J connectivity index is 1.30. The van der Waals surface area contributed by atoms with Crippen LogP contribution >= 0.6 is 11.3 Å². The van der Waals surface area contributed by atoms with Gasteiger partial charge in [-0.05, 0) is 53.3 Å². The Morgan fingerprint density at radius 1 is 1.13 bits per heavy atom.